The lowest BCUT2D eigenvalue weighted by Gasteiger charge is -2.24. The number of hydrogen-bond acceptors (Lipinski definition) is 1. The Kier molecular flexibility index (Phi) is 3.30. The van der Waals surface area contributed by atoms with Crippen molar-refractivity contribution >= 4 is 5.97 Å². The van der Waals surface area contributed by atoms with E-state index < -0.39 is 11.4 Å². The molecule has 0 aliphatic heterocycles. The van der Waals surface area contributed by atoms with Crippen molar-refractivity contribution in [3.63, 3.8) is 0 Å². The van der Waals surface area contributed by atoms with Crippen LogP contribution in [0.25, 0.3) is 0 Å². The standard InChI is InChI=1S/C13H16O2/c1-10(12(14)15)13(2,3)9-11-7-5-4-6-8-11/h4-8H,1,9H2,2-3H3,(H,14,15). The molecule has 0 aliphatic carbocycles. The zero-order chi connectivity index (χ0) is 11.5. The molecule has 0 unspecified atom stereocenters. The van der Waals surface area contributed by atoms with Crippen molar-refractivity contribution in [1.29, 1.82) is 0 Å². The molecule has 0 heterocycles. The molecule has 0 saturated carbocycles. The lowest BCUT2D eigenvalue weighted by atomic mass is 9.79. The fourth-order valence-corrected chi connectivity index (χ4v) is 1.50. The summed E-state index contributed by atoms with van der Waals surface area (Å²) < 4.78 is 0. The van der Waals surface area contributed by atoms with Crippen LogP contribution < -0.4 is 0 Å². The summed E-state index contributed by atoms with van der Waals surface area (Å²) in [5.74, 6) is -0.920. The van der Waals surface area contributed by atoms with Gasteiger partial charge in [0.2, 0.25) is 0 Å². The molecule has 0 aliphatic rings. The molecule has 0 aromatic heterocycles. The SMILES string of the molecule is C=C(C(=O)O)C(C)(C)Cc1ccccc1. The molecule has 0 bridgehead atoms. The van der Waals surface area contributed by atoms with Gasteiger partial charge in [-0.2, -0.15) is 0 Å². The lowest BCUT2D eigenvalue weighted by molar-refractivity contribution is -0.133. The zero-order valence-corrected chi connectivity index (χ0v) is 9.16. The molecule has 80 valence electrons. The number of carboxylic acids is 1. The molecule has 1 rings (SSSR count). The van der Waals surface area contributed by atoms with Gasteiger partial charge in [0.15, 0.2) is 0 Å². The van der Waals surface area contributed by atoms with Crippen molar-refractivity contribution in [2.24, 2.45) is 5.41 Å². The van der Waals surface area contributed by atoms with Gasteiger partial charge < -0.3 is 5.11 Å². The highest BCUT2D eigenvalue weighted by atomic mass is 16.4. The molecule has 2 heteroatoms. The van der Waals surface area contributed by atoms with Gasteiger partial charge in [-0.1, -0.05) is 50.8 Å². The minimum Gasteiger partial charge on any atom is -0.478 e. The summed E-state index contributed by atoms with van der Waals surface area (Å²) in [5.41, 5.74) is 0.976. The predicted molar refractivity (Wildman–Crippen MR) is 60.7 cm³/mol. The van der Waals surface area contributed by atoms with Crippen LogP contribution >= 0.6 is 0 Å². The maximum absolute atomic E-state index is 10.8. The highest BCUT2D eigenvalue weighted by Crippen LogP contribution is 2.29. The van der Waals surface area contributed by atoms with E-state index in [0.717, 1.165) is 5.56 Å². The summed E-state index contributed by atoms with van der Waals surface area (Å²) in [5, 5.41) is 8.90. The van der Waals surface area contributed by atoms with Crippen LogP contribution in [0, 0.1) is 5.41 Å². The number of rotatable bonds is 4. The summed E-state index contributed by atoms with van der Waals surface area (Å²) in [6.07, 6.45) is 0.693. The number of carboxylic acid groups (broad SMARTS) is 1. The fraction of sp³-hybridized carbons (Fsp3) is 0.308. The minimum absolute atomic E-state index is 0.256. The monoisotopic (exact) mass is 204 g/mol. The van der Waals surface area contributed by atoms with Crippen molar-refractivity contribution in [3.8, 4) is 0 Å². The van der Waals surface area contributed by atoms with Crippen molar-refractivity contribution < 1.29 is 9.90 Å². The molecular formula is C13H16O2. The van der Waals surface area contributed by atoms with Crippen molar-refractivity contribution in [2.45, 2.75) is 20.3 Å². The van der Waals surface area contributed by atoms with Crippen LogP contribution in [0.15, 0.2) is 42.5 Å². The Morgan fingerprint density at radius 1 is 1.33 bits per heavy atom. The Bertz CT molecular complexity index is 363. The smallest absolute Gasteiger partial charge is 0.331 e. The van der Waals surface area contributed by atoms with Crippen LogP contribution in [-0.4, -0.2) is 11.1 Å². The Hall–Kier alpha value is -1.57. The van der Waals surface area contributed by atoms with Crippen LogP contribution in [0.2, 0.25) is 0 Å². The van der Waals surface area contributed by atoms with E-state index in [0.29, 0.717) is 6.42 Å². The van der Waals surface area contributed by atoms with Crippen LogP contribution in [0.5, 0.6) is 0 Å². The second-order valence-corrected chi connectivity index (χ2v) is 4.33. The third-order valence-corrected chi connectivity index (χ3v) is 2.56. The molecule has 15 heavy (non-hydrogen) atoms. The first-order valence-electron chi connectivity index (χ1n) is 4.90. The quantitative estimate of drug-likeness (QED) is 0.766. The Morgan fingerprint density at radius 2 is 1.87 bits per heavy atom. The highest BCUT2D eigenvalue weighted by molar-refractivity contribution is 5.87. The molecule has 1 N–H and O–H groups in total. The molecule has 1 aromatic carbocycles. The fourth-order valence-electron chi connectivity index (χ4n) is 1.50. The van der Waals surface area contributed by atoms with Gasteiger partial charge in [0.1, 0.15) is 0 Å². The van der Waals surface area contributed by atoms with E-state index in [4.69, 9.17) is 5.11 Å². The van der Waals surface area contributed by atoms with Gasteiger partial charge in [0.05, 0.1) is 0 Å². The van der Waals surface area contributed by atoms with E-state index in [2.05, 4.69) is 6.58 Å². The molecule has 2 nitrogen and oxygen atoms in total. The number of benzene rings is 1. The maximum Gasteiger partial charge on any atom is 0.331 e. The topological polar surface area (TPSA) is 37.3 Å². The first kappa shape index (κ1) is 11.5. The summed E-state index contributed by atoms with van der Waals surface area (Å²) in [6.45, 7) is 7.42. The maximum atomic E-state index is 10.8. The second-order valence-electron chi connectivity index (χ2n) is 4.33. The Balaban J connectivity index is 2.81. The minimum atomic E-state index is -0.920. The van der Waals surface area contributed by atoms with E-state index in [9.17, 15) is 4.79 Å². The van der Waals surface area contributed by atoms with Gasteiger partial charge in [-0.15, -0.1) is 0 Å². The molecule has 1 aromatic rings. The number of hydrogen-bond donors (Lipinski definition) is 1. The highest BCUT2D eigenvalue weighted by Gasteiger charge is 2.26. The summed E-state index contributed by atoms with van der Waals surface area (Å²) in [6, 6.07) is 9.85. The van der Waals surface area contributed by atoms with Crippen LogP contribution in [0.1, 0.15) is 19.4 Å². The second kappa shape index (κ2) is 4.30. The van der Waals surface area contributed by atoms with Gasteiger partial charge >= 0.3 is 5.97 Å². The van der Waals surface area contributed by atoms with Gasteiger partial charge in [0, 0.05) is 11.0 Å². The first-order valence-corrected chi connectivity index (χ1v) is 4.90. The normalized spacial score (nSPS) is 11.1. The van der Waals surface area contributed by atoms with E-state index in [1.165, 1.54) is 0 Å². The summed E-state index contributed by atoms with van der Waals surface area (Å²) in [4.78, 5) is 10.8. The van der Waals surface area contributed by atoms with Crippen molar-refractivity contribution in [1.82, 2.24) is 0 Å². The van der Waals surface area contributed by atoms with E-state index >= 15 is 0 Å². The average Bonchev–Trinajstić information content (AvgIpc) is 2.17. The van der Waals surface area contributed by atoms with Crippen molar-refractivity contribution in [3.05, 3.63) is 48.0 Å². The molecule has 0 saturated heterocycles. The van der Waals surface area contributed by atoms with E-state index in [1.54, 1.807) is 0 Å². The van der Waals surface area contributed by atoms with E-state index in [-0.39, 0.29) is 5.57 Å². The summed E-state index contributed by atoms with van der Waals surface area (Å²) >= 11 is 0. The Labute approximate surface area is 90.3 Å². The van der Waals surface area contributed by atoms with Crippen molar-refractivity contribution in [2.75, 3.05) is 0 Å². The molecule has 0 fully saturated rings. The first-order chi connectivity index (χ1) is 6.93. The van der Waals surface area contributed by atoms with Gasteiger partial charge in [0.25, 0.3) is 0 Å². The average molecular weight is 204 g/mol. The molecule has 0 spiro atoms. The predicted octanol–water partition coefficient (Wildman–Crippen LogP) is 2.90. The number of aliphatic carboxylic acids is 1. The molecular weight excluding hydrogens is 188 g/mol. The van der Waals surface area contributed by atoms with Gasteiger partial charge in [-0.05, 0) is 12.0 Å². The van der Waals surface area contributed by atoms with Crippen LogP contribution in [0.4, 0.5) is 0 Å². The Morgan fingerprint density at radius 3 is 2.33 bits per heavy atom. The third kappa shape index (κ3) is 2.94. The largest absolute Gasteiger partial charge is 0.478 e. The molecule has 0 atom stereocenters. The van der Waals surface area contributed by atoms with Gasteiger partial charge in [-0.3, -0.25) is 0 Å². The molecule has 0 radical (unpaired) electrons. The zero-order valence-electron chi connectivity index (χ0n) is 9.16. The van der Waals surface area contributed by atoms with Crippen LogP contribution in [0.3, 0.4) is 0 Å². The third-order valence-electron chi connectivity index (χ3n) is 2.56. The summed E-state index contributed by atoms with van der Waals surface area (Å²) in [7, 11) is 0. The van der Waals surface area contributed by atoms with Gasteiger partial charge in [-0.25, -0.2) is 4.79 Å². The molecule has 0 amide bonds. The van der Waals surface area contributed by atoms with E-state index in [1.807, 2.05) is 44.2 Å². The van der Waals surface area contributed by atoms with Crippen LogP contribution in [-0.2, 0) is 11.2 Å². The lowest BCUT2D eigenvalue weighted by Crippen LogP contribution is -2.22. The number of carbonyl (C=O) groups is 1.